The molecule has 1 aromatic heterocycles. The molecule has 1 aromatic rings. The molecule has 2 heterocycles. The smallest absolute Gasteiger partial charge is 0.405 e. The van der Waals surface area contributed by atoms with Crippen LogP contribution in [0, 0.1) is 0 Å². The van der Waals surface area contributed by atoms with Gasteiger partial charge in [0.2, 0.25) is 5.28 Å². The first-order valence-electron chi connectivity index (χ1n) is 5.84. The fourth-order valence-electron chi connectivity index (χ4n) is 2.15. The Labute approximate surface area is 120 Å². The van der Waals surface area contributed by atoms with E-state index in [0.29, 0.717) is 36.8 Å². The average molecular weight is 305 g/mol. The van der Waals surface area contributed by atoms with Crippen LogP contribution in [0.2, 0.25) is 10.3 Å². The van der Waals surface area contributed by atoms with Gasteiger partial charge in [-0.15, -0.1) is 0 Å². The molecular weight excluding hydrogens is 291 g/mol. The molecule has 2 rings (SSSR count). The molecule has 8 heteroatoms. The predicted octanol–water partition coefficient (Wildman–Crippen LogP) is 2.41. The summed E-state index contributed by atoms with van der Waals surface area (Å²) in [5, 5.41) is 12.0. The van der Waals surface area contributed by atoms with Gasteiger partial charge in [-0.1, -0.05) is 11.6 Å². The number of nitrogens with zero attached hydrogens (tertiary/aromatic N) is 3. The molecule has 0 radical (unpaired) electrons. The summed E-state index contributed by atoms with van der Waals surface area (Å²) in [5.41, 5.74) is -0.411. The molecule has 104 valence electrons. The minimum atomic E-state index is -1.00. The summed E-state index contributed by atoms with van der Waals surface area (Å²) in [5.74, 6) is 0.596. The molecule has 2 N–H and O–H groups in total. The Kier molecular flexibility index (Phi) is 4.01. The Morgan fingerprint density at radius 3 is 2.68 bits per heavy atom. The van der Waals surface area contributed by atoms with Gasteiger partial charge >= 0.3 is 6.09 Å². The maximum atomic E-state index is 10.7. The van der Waals surface area contributed by atoms with E-state index < -0.39 is 11.6 Å². The molecular formula is C11H14Cl2N4O2. The van der Waals surface area contributed by atoms with E-state index in [2.05, 4.69) is 15.3 Å². The highest BCUT2D eigenvalue weighted by Gasteiger charge is 2.32. The van der Waals surface area contributed by atoms with Gasteiger partial charge in [0.1, 0.15) is 5.02 Å². The van der Waals surface area contributed by atoms with Crippen molar-refractivity contribution in [3.8, 4) is 0 Å². The van der Waals surface area contributed by atoms with Gasteiger partial charge in [-0.3, -0.25) is 0 Å². The standard InChI is InChI=1S/C11H14Cl2N4O2/c1-11(16-10(18)19)2-4-17(5-3-11)8-7(12)6-14-9(13)15-8/h6,16H,2-5H2,1H3,(H,18,19). The zero-order chi connectivity index (χ0) is 14.0. The predicted molar refractivity (Wildman–Crippen MR) is 73.1 cm³/mol. The van der Waals surface area contributed by atoms with Gasteiger partial charge in [0.05, 0.1) is 6.20 Å². The summed E-state index contributed by atoms with van der Waals surface area (Å²) >= 11 is 11.8. The number of aromatic nitrogens is 2. The lowest BCUT2D eigenvalue weighted by atomic mass is 9.90. The number of piperidine rings is 1. The van der Waals surface area contributed by atoms with Crippen molar-refractivity contribution in [1.82, 2.24) is 15.3 Å². The summed E-state index contributed by atoms with van der Waals surface area (Å²) in [6.45, 7) is 3.21. The highest BCUT2D eigenvalue weighted by Crippen LogP contribution is 2.29. The van der Waals surface area contributed by atoms with E-state index in [1.54, 1.807) is 0 Å². The van der Waals surface area contributed by atoms with E-state index in [1.165, 1.54) is 6.20 Å². The molecule has 6 nitrogen and oxygen atoms in total. The topological polar surface area (TPSA) is 78.4 Å². The summed E-state index contributed by atoms with van der Waals surface area (Å²) < 4.78 is 0. The van der Waals surface area contributed by atoms with Crippen LogP contribution in [-0.4, -0.2) is 39.8 Å². The number of carboxylic acid groups (broad SMARTS) is 1. The molecule has 0 unspecified atom stereocenters. The minimum Gasteiger partial charge on any atom is -0.465 e. The molecule has 1 aliphatic heterocycles. The summed E-state index contributed by atoms with van der Waals surface area (Å²) in [7, 11) is 0. The van der Waals surface area contributed by atoms with Crippen LogP contribution in [0.1, 0.15) is 19.8 Å². The molecule has 0 aromatic carbocycles. The third-order valence-corrected chi connectivity index (χ3v) is 3.72. The van der Waals surface area contributed by atoms with Crippen molar-refractivity contribution in [2.24, 2.45) is 0 Å². The monoisotopic (exact) mass is 304 g/mol. The van der Waals surface area contributed by atoms with Crippen LogP contribution < -0.4 is 10.2 Å². The van der Waals surface area contributed by atoms with Crippen molar-refractivity contribution >= 4 is 35.1 Å². The van der Waals surface area contributed by atoms with E-state index in [-0.39, 0.29) is 5.28 Å². The van der Waals surface area contributed by atoms with E-state index in [4.69, 9.17) is 28.3 Å². The van der Waals surface area contributed by atoms with Crippen molar-refractivity contribution < 1.29 is 9.90 Å². The van der Waals surface area contributed by atoms with E-state index in [0.717, 1.165) is 0 Å². The van der Waals surface area contributed by atoms with Crippen molar-refractivity contribution in [3.63, 3.8) is 0 Å². The maximum absolute atomic E-state index is 10.7. The Morgan fingerprint density at radius 1 is 1.47 bits per heavy atom. The van der Waals surface area contributed by atoms with Crippen molar-refractivity contribution in [2.75, 3.05) is 18.0 Å². The number of carbonyl (C=O) groups is 1. The molecule has 0 saturated carbocycles. The number of nitrogens with one attached hydrogen (secondary N) is 1. The van der Waals surface area contributed by atoms with Crippen LogP contribution in [0.3, 0.4) is 0 Å². The van der Waals surface area contributed by atoms with Crippen LogP contribution in [0.15, 0.2) is 6.20 Å². The average Bonchev–Trinajstić information content (AvgIpc) is 2.32. The van der Waals surface area contributed by atoms with Crippen LogP contribution in [0.25, 0.3) is 0 Å². The lowest BCUT2D eigenvalue weighted by Crippen LogP contribution is -2.53. The van der Waals surface area contributed by atoms with Crippen molar-refractivity contribution in [2.45, 2.75) is 25.3 Å². The van der Waals surface area contributed by atoms with Crippen molar-refractivity contribution in [1.29, 1.82) is 0 Å². The summed E-state index contributed by atoms with van der Waals surface area (Å²) in [6, 6.07) is 0. The first-order valence-corrected chi connectivity index (χ1v) is 6.59. The molecule has 0 spiro atoms. The van der Waals surface area contributed by atoms with Gasteiger partial charge in [-0.2, -0.15) is 4.98 Å². The number of hydrogen-bond acceptors (Lipinski definition) is 4. The summed E-state index contributed by atoms with van der Waals surface area (Å²) in [6.07, 6.45) is 1.82. The van der Waals surface area contributed by atoms with E-state index >= 15 is 0 Å². The number of anilines is 1. The Morgan fingerprint density at radius 2 is 2.11 bits per heavy atom. The van der Waals surface area contributed by atoms with Crippen LogP contribution in [0.5, 0.6) is 0 Å². The zero-order valence-corrected chi connectivity index (χ0v) is 11.9. The molecule has 0 atom stereocenters. The first kappa shape index (κ1) is 14.1. The molecule has 1 fully saturated rings. The highest BCUT2D eigenvalue weighted by molar-refractivity contribution is 6.33. The summed E-state index contributed by atoms with van der Waals surface area (Å²) in [4.78, 5) is 20.7. The molecule has 1 amide bonds. The third kappa shape index (κ3) is 3.39. The second-order valence-corrected chi connectivity index (χ2v) is 5.53. The Hall–Kier alpha value is -1.27. The highest BCUT2D eigenvalue weighted by atomic mass is 35.5. The van der Waals surface area contributed by atoms with E-state index in [9.17, 15) is 4.79 Å². The number of hydrogen-bond donors (Lipinski definition) is 2. The van der Waals surface area contributed by atoms with Gasteiger partial charge in [0, 0.05) is 18.6 Å². The molecule has 1 aliphatic rings. The number of amides is 1. The second kappa shape index (κ2) is 5.38. The van der Waals surface area contributed by atoms with Crippen LogP contribution in [-0.2, 0) is 0 Å². The molecule has 19 heavy (non-hydrogen) atoms. The van der Waals surface area contributed by atoms with Gasteiger partial charge in [0.15, 0.2) is 5.82 Å². The molecule has 0 aliphatic carbocycles. The van der Waals surface area contributed by atoms with Gasteiger partial charge < -0.3 is 15.3 Å². The van der Waals surface area contributed by atoms with Crippen LogP contribution in [0.4, 0.5) is 10.6 Å². The molecule has 1 saturated heterocycles. The number of rotatable bonds is 2. The third-order valence-electron chi connectivity index (χ3n) is 3.27. The maximum Gasteiger partial charge on any atom is 0.405 e. The second-order valence-electron chi connectivity index (χ2n) is 4.79. The Bertz CT molecular complexity index is 490. The van der Waals surface area contributed by atoms with Crippen molar-refractivity contribution in [3.05, 3.63) is 16.5 Å². The SMILES string of the molecule is CC1(NC(=O)O)CCN(c2nc(Cl)ncc2Cl)CC1. The lowest BCUT2D eigenvalue weighted by molar-refractivity contribution is 0.173. The molecule has 0 bridgehead atoms. The van der Waals surface area contributed by atoms with Gasteiger partial charge in [-0.25, -0.2) is 9.78 Å². The fourth-order valence-corrected chi connectivity index (χ4v) is 2.49. The van der Waals surface area contributed by atoms with Gasteiger partial charge in [0.25, 0.3) is 0 Å². The minimum absolute atomic E-state index is 0.149. The van der Waals surface area contributed by atoms with Gasteiger partial charge in [-0.05, 0) is 31.4 Å². The van der Waals surface area contributed by atoms with E-state index in [1.807, 2.05) is 11.8 Å². The zero-order valence-electron chi connectivity index (χ0n) is 10.4. The number of halogens is 2. The lowest BCUT2D eigenvalue weighted by Gasteiger charge is -2.39. The normalized spacial score (nSPS) is 18.2. The van der Waals surface area contributed by atoms with Crippen LogP contribution >= 0.6 is 23.2 Å². The fraction of sp³-hybridized carbons (Fsp3) is 0.545. The first-order chi connectivity index (χ1) is 8.89. The Balaban J connectivity index is 2.07. The largest absolute Gasteiger partial charge is 0.465 e. The quantitative estimate of drug-likeness (QED) is 0.820.